The molecule has 27 heavy (non-hydrogen) atoms. The van der Waals surface area contributed by atoms with Gasteiger partial charge in [-0.1, -0.05) is 17.7 Å². The molecule has 0 aromatic heterocycles. The number of hydrogen-bond acceptors (Lipinski definition) is 5. The Morgan fingerprint density at radius 3 is 2.44 bits per heavy atom. The summed E-state index contributed by atoms with van der Waals surface area (Å²) in [7, 11) is -0.729. The smallest absolute Gasteiger partial charge is 0.245 e. The lowest BCUT2D eigenvalue weighted by molar-refractivity contribution is -0.114. The molecule has 0 fully saturated rings. The summed E-state index contributed by atoms with van der Waals surface area (Å²) in [4.78, 5) is 12.5. The number of methoxy groups -OCH3 is 2. The second-order valence-electron chi connectivity index (χ2n) is 5.81. The van der Waals surface area contributed by atoms with Gasteiger partial charge in [-0.05, 0) is 36.8 Å². The average molecular weight is 413 g/mol. The zero-order valence-electron chi connectivity index (χ0n) is 15.4. The molecular formula is C18H21ClN2O5S. The minimum Gasteiger partial charge on any atom is -0.497 e. The third kappa shape index (κ3) is 5.27. The Kier molecular flexibility index (Phi) is 6.56. The summed E-state index contributed by atoms with van der Waals surface area (Å²) in [5, 5.41) is 3.04. The summed E-state index contributed by atoms with van der Waals surface area (Å²) in [6.07, 6.45) is 1.04. The molecule has 0 saturated heterocycles. The van der Waals surface area contributed by atoms with Crippen molar-refractivity contribution in [2.45, 2.75) is 6.92 Å². The van der Waals surface area contributed by atoms with E-state index in [0.717, 1.165) is 10.6 Å². The summed E-state index contributed by atoms with van der Waals surface area (Å²) in [6.45, 7) is 1.34. The summed E-state index contributed by atoms with van der Waals surface area (Å²) >= 11 is 6.00. The van der Waals surface area contributed by atoms with Gasteiger partial charge in [0.05, 0.1) is 31.9 Å². The van der Waals surface area contributed by atoms with E-state index in [1.165, 1.54) is 20.3 Å². The Hall–Kier alpha value is -2.45. The Morgan fingerprint density at radius 1 is 1.15 bits per heavy atom. The van der Waals surface area contributed by atoms with Gasteiger partial charge in [-0.2, -0.15) is 0 Å². The molecule has 1 amide bonds. The van der Waals surface area contributed by atoms with Crippen LogP contribution in [-0.4, -0.2) is 41.3 Å². The third-order valence-corrected chi connectivity index (χ3v) is 5.17. The lowest BCUT2D eigenvalue weighted by Gasteiger charge is -2.24. The molecule has 2 aromatic rings. The Balaban J connectivity index is 2.29. The summed E-state index contributed by atoms with van der Waals surface area (Å²) < 4.78 is 35.9. The van der Waals surface area contributed by atoms with Crippen LogP contribution in [0, 0.1) is 6.92 Å². The van der Waals surface area contributed by atoms with E-state index in [1.54, 1.807) is 37.3 Å². The molecule has 7 nitrogen and oxygen atoms in total. The van der Waals surface area contributed by atoms with Gasteiger partial charge in [0, 0.05) is 11.1 Å². The van der Waals surface area contributed by atoms with Crippen molar-refractivity contribution in [2.75, 3.05) is 36.6 Å². The molecule has 2 rings (SSSR count). The van der Waals surface area contributed by atoms with E-state index in [2.05, 4.69) is 5.32 Å². The summed E-state index contributed by atoms with van der Waals surface area (Å²) in [5.74, 6) is 0.438. The van der Waals surface area contributed by atoms with Gasteiger partial charge in [-0.25, -0.2) is 8.42 Å². The Morgan fingerprint density at radius 2 is 1.85 bits per heavy atom. The molecule has 0 unspecified atom stereocenters. The van der Waals surface area contributed by atoms with Crippen LogP contribution in [0.3, 0.4) is 0 Å². The quantitative estimate of drug-likeness (QED) is 0.755. The highest BCUT2D eigenvalue weighted by Gasteiger charge is 2.23. The second kappa shape index (κ2) is 8.49. The number of amides is 1. The molecule has 0 aliphatic carbocycles. The average Bonchev–Trinajstić information content (AvgIpc) is 2.61. The van der Waals surface area contributed by atoms with Gasteiger partial charge in [0.25, 0.3) is 0 Å². The van der Waals surface area contributed by atoms with Crippen molar-refractivity contribution in [1.29, 1.82) is 0 Å². The fourth-order valence-corrected chi connectivity index (χ4v) is 3.53. The first-order chi connectivity index (χ1) is 12.7. The van der Waals surface area contributed by atoms with Crippen molar-refractivity contribution in [3.63, 3.8) is 0 Å². The molecule has 9 heteroatoms. The normalized spacial score (nSPS) is 11.0. The molecule has 1 N–H and O–H groups in total. The van der Waals surface area contributed by atoms with Gasteiger partial charge >= 0.3 is 0 Å². The van der Waals surface area contributed by atoms with Crippen molar-refractivity contribution < 1.29 is 22.7 Å². The van der Waals surface area contributed by atoms with Crippen molar-refractivity contribution in [3.8, 4) is 11.5 Å². The van der Waals surface area contributed by atoms with Crippen LogP contribution < -0.4 is 19.1 Å². The van der Waals surface area contributed by atoms with Gasteiger partial charge in [0.1, 0.15) is 18.0 Å². The Bertz CT molecular complexity index is 947. The van der Waals surface area contributed by atoms with E-state index >= 15 is 0 Å². The number of rotatable bonds is 7. The van der Waals surface area contributed by atoms with Crippen LogP contribution in [0.1, 0.15) is 5.56 Å². The molecule has 2 aromatic carbocycles. The fourth-order valence-electron chi connectivity index (χ4n) is 2.45. The van der Waals surface area contributed by atoms with Crippen molar-refractivity contribution >= 4 is 38.9 Å². The van der Waals surface area contributed by atoms with Crippen LogP contribution in [0.4, 0.5) is 11.4 Å². The van der Waals surface area contributed by atoms with Gasteiger partial charge in [0.2, 0.25) is 15.9 Å². The molecule has 0 atom stereocenters. The van der Waals surface area contributed by atoms with E-state index in [-0.39, 0.29) is 0 Å². The minimum absolute atomic E-state index is 0.349. The molecule has 0 aliphatic heterocycles. The van der Waals surface area contributed by atoms with Crippen molar-refractivity contribution in [1.82, 2.24) is 0 Å². The molecule has 0 heterocycles. The number of carbonyl (C=O) groups excluding carboxylic acids is 1. The monoisotopic (exact) mass is 412 g/mol. The van der Waals surface area contributed by atoms with Gasteiger partial charge < -0.3 is 14.8 Å². The van der Waals surface area contributed by atoms with Crippen LogP contribution in [0.2, 0.25) is 5.02 Å². The zero-order valence-corrected chi connectivity index (χ0v) is 17.0. The van der Waals surface area contributed by atoms with E-state index in [9.17, 15) is 13.2 Å². The Labute approximate surface area is 163 Å². The number of aryl methyl sites for hydroxylation is 1. The predicted octanol–water partition coefficient (Wildman–Crippen LogP) is 3.07. The van der Waals surface area contributed by atoms with Gasteiger partial charge in [-0.15, -0.1) is 0 Å². The van der Waals surface area contributed by atoms with E-state index in [4.69, 9.17) is 21.1 Å². The van der Waals surface area contributed by atoms with E-state index in [1.807, 2.05) is 0 Å². The fraction of sp³-hybridized carbons (Fsp3) is 0.278. The van der Waals surface area contributed by atoms with Crippen LogP contribution in [0.5, 0.6) is 11.5 Å². The number of hydrogen-bond donors (Lipinski definition) is 1. The number of nitrogens with zero attached hydrogens (tertiary/aromatic N) is 1. The lowest BCUT2D eigenvalue weighted by Crippen LogP contribution is -2.37. The number of anilines is 2. The summed E-state index contributed by atoms with van der Waals surface area (Å²) in [5.41, 5.74) is 1.43. The minimum atomic E-state index is -3.71. The van der Waals surface area contributed by atoms with Crippen LogP contribution in [-0.2, 0) is 14.8 Å². The first-order valence-corrected chi connectivity index (χ1v) is 10.1. The first-order valence-electron chi connectivity index (χ1n) is 7.91. The van der Waals surface area contributed by atoms with E-state index in [0.29, 0.717) is 33.5 Å². The van der Waals surface area contributed by atoms with Crippen molar-refractivity contribution in [2.24, 2.45) is 0 Å². The SMILES string of the molecule is COc1ccc(NC(=O)CN(c2cc(Cl)ccc2C)S(C)(=O)=O)c(OC)c1. The van der Waals surface area contributed by atoms with Crippen molar-refractivity contribution in [3.05, 3.63) is 47.0 Å². The third-order valence-electron chi connectivity index (χ3n) is 3.81. The number of ether oxygens (including phenoxy) is 2. The number of nitrogens with one attached hydrogen (secondary N) is 1. The summed E-state index contributed by atoms with van der Waals surface area (Å²) in [6, 6.07) is 9.76. The maximum Gasteiger partial charge on any atom is 0.245 e. The van der Waals surface area contributed by atoms with Crippen LogP contribution in [0.25, 0.3) is 0 Å². The molecule has 0 radical (unpaired) electrons. The maximum atomic E-state index is 12.5. The highest BCUT2D eigenvalue weighted by Crippen LogP contribution is 2.30. The molecule has 0 saturated carbocycles. The number of halogens is 1. The maximum absolute atomic E-state index is 12.5. The molecule has 0 bridgehead atoms. The predicted molar refractivity (Wildman–Crippen MR) is 107 cm³/mol. The molecule has 0 spiro atoms. The molecule has 146 valence electrons. The lowest BCUT2D eigenvalue weighted by atomic mass is 10.2. The van der Waals surface area contributed by atoms with Gasteiger partial charge in [-0.3, -0.25) is 9.10 Å². The topological polar surface area (TPSA) is 84.9 Å². The van der Waals surface area contributed by atoms with Gasteiger partial charge in [0.15, 0.2) is 0 Å². The standard InChI is InChI=1S/C18H21ClN2O5S/c1-12-5-6-13(19)9-16(12)21(27(4,23)24)11-18(22)20-15-8-7-14(25-2)10-17(15)26-3/h5-10H,11H2,1-4H3,(H,20,22). The first kappa shape index (κ1) is 20.9. The number of carbonyl (C=O) groups is 1. The second-order valence-corrected chi connectivity index (χ2v) is 8.16. The molecule has 0 aliphatic rings. The largest absolute Gasteiger partial charge is 0.497 e. The van der Waals surface area contributed by atoms with E-state index < -0.39 is 22.5 Å². The number of benzene rings is 2. The zero-order chi connectivity index (χ0) is 20.2. The highest BCUT2D eigenvalue weighted by molar-refractivity contribution is 7.92. The molecular weight excluding hydrogens is 392 g/mol. The highest BCUT2D eigenvalue weighted by atomic mass is 35.5. The number of sulfonamides is 1. The van der Waals surface area contributed by atoms with Crippen LogP contribution >= 0.6 is 11.6 Å². The van der Waals surface area contributed by atoms with Crippen LogP contribution in [0.15, 0.2) is 36.4 Å².